The third-order valence-electron chi connectivity index (χ3n) is 3.66. The molecular formula is C18H21NO3S. The molecule has 0 aliphatic heterocycles. The van der Waals surface area contributed by atoms with Crippen LogP contribution in [0.2, 0.25) is 0 Å². The van der Waals surface area contributed by atoms with Crippen LogP contribution in [-0.4, -0.2) is 20.2 Å². The van der Waals surface area contributed by atoms with E-state index >= 15 is 0 Å². The zero-order valence-corrected chi connectivity index (χ0v) is 14.3. The Bertz CT molecular complexity index is 766. The lowest BCUT2D eigenvalue weighted by atomic mass is 10.0. The van der Waals surface area contributed by atoms with Gasteiger partial charge in [-0.3, -0.25) is 4.79 Å². The lowest BCUT2D eigenvalue weighted by molar-refractivity contribution is -0.119. The van der Waals surface area contributed by atoms with Gasteiger partial charge < -0.3 is 0 Å². The third kappa shape index (κ3) is 4.27. The molecule has 0 spiro atoms. The van der Waals surface area contributed by atoms with Crippen molar-refractivity contribution in [3.8, 4) is 11.1 Å². The van der Waals surface area contributed by atoms with Gasteiger partial charge in [-0.05, 0) is 36.1 Å². The second kappa shape index (κ2) is 7.06. The van der Waals surface area contributed by atoms with Crippen LogP contribution in [0, 0.1) is 5.92 Å². The maximum absolute atomic E-state index is 12.4. The summed E-state index contributed by atoms with van der Waals surface area (Å²) >= 11 is 0. The Morgan fingerprint density at radius 1 is 0.913 bits per heavy atom. The maximum atomic E-state index is 12.4. The molecule has 4 nitrogen and oxygen atoms in total. The Kier molecular flexibility index (Phi) is 5.34. The topological polar surface area (TPSA) is 63.2 Å². The molecule has 1 N–H and O–H groups in total. The van der Waals surface area contributed by atoms with Crippen molar-refractivity contribution in [1.29, 1.82) is 0 Å². The van der Waals surface area contributed by atoms with Gasteiger partial charge >= 0.3 is 0 Å². The molecule has 1 atom stereocenters. The molecule has 0 fully saturated rings. The van der Waals surface area contributed by atoms with E-state index in [0.29, 0.717) is 0 Å². The average Bonchev–Trinajstić information content (AvgIpc) is 2.53. The summed E-state index contributed by atoms with van der Waals surface area (Å²) in [6.45, 7) is 5.02. The van der Waals surface area contributed by atoms with E-state index in [1.54, 1.807) is 24.3 Å². The molecule has 0 aromatic heterocycles. The molecule has 2 aromatic rings. The van der Waals surface area contributed by atoms with E-state index in [2.05, 4.69) is 4.72 Å². The number of hydrogen-bond donors (Lipinski definition) is 1. The van der Waals surface area contributed by atoms with E-state index < -0.39 is 16.1 Å². The first-order chi connectivity index (χ1) is 10.8. The number of benzene rings is 2. The Morgan fingerprint density at radius 2 is 1.43 bits per heavy atom. The van der Waals surface area contributed by atoms with Crippen LogP contribution in [0.25, 0.3) is 11.1 Å². The molecule has 0 saturated carbocycles. The van der Waals surface area contributed by atoms with E-state index in [9.17, 15) is 13.2 Å². The Hall–Kier alpha value is -1.98. The number of rotatable bonds is 6. The minimum Gasteiger partial charge on any atom is -0.298 e. The van der Waals surface area contributed by atoms with Crippen molar-refractivity contribution in [3.63, 3.8) is 0 Å². The molecule has 122 valence electrons. The second-order valence-electron chi connectivity index (χ2n) is 5.84. The van der Waals surface area contributed by atoms with Gasteiger partial charge in [0.05, 0.1) is 10.9 Å². The molecule has 0 aliphatic rings. The fourth-order valence-electron chi connectivity index (χ4n) is 2.38. The van der Waals surface area contributed by atoms with E-state index in [1.165, 1.54) is 6.92 Å². The van der Waals surface area contributed by atoms with E-state index in [1.807, 2.05) is 44.2 Å². The van der Waals surface area contributed by atoms with Gasteiger partial charge in [-0.2, -0.15) is 0 Å². The Balaban J connectivity index is 2.26. The zero-order chi connectivity index (χ0) is 17.0. The quantitative estimate of drug-likeness (QED) is 0.884. The summed E-state index contributed by atoms with van der Waals surface area (Å²) in [4.78, 5) is 11.8. The molecule has 0 radical (unpaired) electrons. The number of hydrogen-bond acceptors (Lipinski definition) is 3. The second-order valence-corrected chi connectivity index (χ2v) is 7.56. The predicted molar refractivity (Wildman–Crippen MR) is 91.5 cm³/mol. The largest absolute Gasteiger partial charge is 0.298 e. The van der Waals surface area contributed by atoms with Crippen LogP contribution in [0.5, 0.6) is 0 Å². The van der Waals surface area contributed by atoms with Crippen LogP contribution in [0.3, 0.4) is 0 Å². The highest BCUT2D eigenvalue weighted by Gasteiger charge is 2.25. The van der Waals surface area contributed by atoms with Gasteiger partial charge in [0.1, 0.15) is 5.78 Å². The average molecular weight is 331 g/mol. The van der Waals surface area contributed by atoms with Crippen LogP contribution < -0.4 is 4.72 Å². The number of carbonyl (C=O) groups excluding carboxylic acids is 1. The number of nitrogens with one attached hydrogen (secondary N) is 1. The predicted octanol–water partition coefficient (Wildman–Crippen LogP) is 3.25. The van der Waals surface area contributed by atoms with Crippen LogP contribution in [-0.2, 0) is 14.8 Å². The van der Waals surface area contributed by atoms with Gasteiger partial charge in [-0.25, -0.2) is 13.1 Å². The zero-order valence-electron chi connectivity index (χ0n) is 13.5. The van der Waals surface area contributed by atoms with Crippen molar-refractivity contribution in [1.82, 2.24) is 4.72 Å². The highest BCUT2D eigenvalue weighted by Crippen LogP contribution is 2.21. The van der Waals surface area contributed by atoms with Crippen molar-refractivity contribution < 1.29 is 13.2 Å². The van der Waals surface area contributed by atoms with Crippen LogP contribution in [0.4, 0.5) is 0 Å². The van der Waals surface area contributed by atoms with Gasteiger partial charge in [0.15, 0.2) is 0 Å². The van der Waals surface area contributed by atoms with Gasteiger partial charge in [0.25, 0.3) is 0 Å². The molecule has 0 heterocycles. The van der Waals surface area contributed by atoms with Gasteiger partial charge in [-0.1, -0.05) is 56.3 Å². The summed E-state index contributed by atoms with van der Waals surface area (Å²) in [7, 11) is -3.72. The van der Waals surface area contributed by atoms with Crippen molar-refractivity contribution in [2.24, 2.45) is 5.92 Å². The van der Waals surface area contributed by atoms with E-state index in [-0.39, 0.29) is 16.6 Å². The SMILES string of the molecule is CC(=O)C(NS(=O)(=O)c1ccc(-c2ccccc2)cc1)C(C)C. The Labute approximate surface area is 137 Å². The van der Waals surface area contributed by atoms with Gasteiger partial charge in [0.2, 0.25) is 10.0 Å². The highest BCUT2D eigenvalue weighted by molar-refractivity contribution is 7.89. The number of ketones is 1. The minimum absolute atomic E-state index is 0.106. The Morgan fingerprint density at radius 3 is 1.91 bits per heavy atom. The summed E-state index contributed by atoms with van der Waals surface area (Å²) in [6.07, 6.45) is 0. The number of carbonyl (C=O) groups is 1. The van der Waals surface area contributed by atoms with Gasteiger partial charge in [0, 0.05) is 0 Å². The first-order valence-electron chi connectivity index (χ1n) is 7.49. The summed E-state index contributed by atoms with van der Waals surface area (Å²) in [6, 6.07) is 15.7. The third-order valence-corrected chi connectivity index (χ3v) is 5.12. The van der Waals surface area contributed by atoms with Crippen LogP contribution in [0.15, 0.2) is 59.5 Å². The molecule has 5 heteroatoms. The summed E-state index contributed by atoms with van der Waals surface area (Å²) in [5.41, 5.74) is 1.96. The molecule has 0 saturated heterocycles. The fourth-order valence-corrected chi connectivity index (χ4v) is 3.78. The molecule has 1 unspecified atom stereocenters. The monoisotopic (exact) mass is 331 g/mol. The lowest BCUT2D eigenvalue weighted by Crippen LogP contribution is -2.43. The van der Waals surface area contributed by atoms with E-state index in [0.717, 1.165) is 11.1 Å². The number of Topliss-reactive ketones (excluding diaryl/α,β-unsaturated/α-hetero) is 1. The van der Waals surface area contributed by atoms with Crippen LogP contribution in [0.1, 0.15) is 20.8 Å². The molecule has 2 rings (SSSR count). The number of sulfonamides is 1. The molecule has 0 amide bonds. The van der Waals surface area contributed by atoms with Crippen molar-refractivity contribution in [3.05, 3.63) is 54.6 Å². The summed E-state index contributed by atoms with van der Waals surface area (Å²) in [5, 5.41) is 0. The summed E-state index contributed by atoms with van der Waals surface area (Å²) < 4.78 is 27.4. The lowest BCUT2D eigenvalue weighted by Gasteiger charge is -2.19. The molecule has 0 aliphatic carbocycles. The van der Waals surface area contributed by atoms with E-state index in [4.69, 9.17) is 0 Å². The van der Waals surface area contributed by atoms with Crippen molar-refractivity contribution in [2.45, 2.75) is 31.7 Å². The smallest absolute Gasteiger partial charge is 0.241 e. The van der Waals surface area contributed by atoms with Crippen LogP contribution >= 0.6 is 0 Å². The van der Waals surface area contributed by atoms with Crippen molar-refractivity contribution >= 4 is 15.8 Å². The van der Waals surface area contributed by atoms with Crippen molar-refractivity contribution in [2.75, 3.05) is 0 Å². The first-order valence-corrected chi connectivity index (χ1v) is 8.98. The standard InChI is InChI=1S/C18H21NO3S/c1-13(2)18(14(3)20)19-23(21,22)17-11-9-16(10-12-17)15-7-5-4-6-8-15/h4-13,18-19H,1-3H3. The highest BCUT2D eigenvalue weighted by atomic mass is 32.2. The normalized spacial score (nSPS) is 13.0. The molecule has 2 aromatic carbocycles. The van der Waals surface area contributed by atoms with Gasteiger partial charge in [-0.15, -0.1) is 0 Å². The summed E-state index contributed by atoms with van der Waals surface area (Å²) in [5.74, 6) is -0.296. The first kappa shape index (κ1) is 17.4. The maximum Gasteiger partial charge on any atom is 0.241 e. The molecular weight excluding hydrogens is 310 g/mol. The molecule has 23 heavy (non-hydrogen) atoms. The fraction of sp³-hybridized carbons (Fsp3) is 0.278. The minimum atomic E-state index is -3.72. The molecule has 0 bridgehead atoms.